The number of hydrogen-bond acceptors (Lipinski definition) is 2. The minimum absolute atomic E-state index is 0.140. The molecule has 0 amide bonds. The predicted molar refractivity (Wildman–Crippen MR) is 50.2 cm³/mol. The molecule has 1 atom stereocenters. The first kappa shape index (κ1) is 11.6. The largest absolute Gasteiger partial charge is 0.374 e. The number of ketones is 1. The van der Waals surface area contributed by atoms with E-state index >= 15 is 0 Å². The van der Waals surface area contributed by atoms with E-state index in [2.05, 4.69) is 13.8 Å². The lowest BCUT2D eigenvalue weighted by Crippen LogP contribution is -2.19. The standard InChI is InChI=1S/C10H20O2/c1-8(2)6-5-7-10(12-4)9(3)11/h8,10H,5-7H2,1-4H3. The fourth-order valence-electron chi connectivity index (χ4n) is 1.20. The molecule has 0 saturated heterocycles. The lowest BCUT2D eigenvalue weighted by molar-refractivity contribution is -0.127. The van der Waals surface area contributed by atoms with Crippen LogP contribution in [0.5, 0.6) is 0 Å². The van der Waals surface area contributed by atoms with Crippen molar-refractivity contribution in [3.05, 3.63) is 0 Å². The van der Waals surface area contributed by atoms with Crippen molar-refractivity contribution in [2.24, 2.45) is 5.92 Å². The van der Waals surface area contributed by atoms with Gasteiger partial charge in [-0.2, -0.15) is 0 Å². The third-order valence-electron chi connectivity index (χ3n) is 1.99. The van der Waals surface area contributed by atoms with Crippen molar-refractivity contribution >= 4 is 5.78 Å². The maximum Gasteiger partial charge on any atom is 0.158 e. The van der Waals surface area contributed by atoms with Crippen molar-refractivity contribution < 1.29 is 9.53 Å². The number of carbonyl (C=O) groups is 1. The highest BCUT2D eigenvalue weighted by molar-refractivity contribution is 5.80. The first-order valence-corrected chi connectivity index (χ1v) is 4.61. The summed E-state index contributed by atoms with van der Waals surface area (Å²) in [5.41, 5.74) is 0. The van der Waals surface area contributed by atoms with Gasteiger partial charge in [-0.1, -0.05) is 26.7 Å². The van der Waals surface area contributed by atoms with Crippen LogP contribution in [0.2, 0.25) is 0 Å². The lowest BCUT2D eigenvalue weighted by atomic mass is 10.0. The number of Topliss-reactive ketones (excluding diaryl/α,β-unsaturated/α-hetero) is 1. The lowest BCUT2D eigenvalue weighted by Gasteiger charge is -2.11. The molecule has 2 nitrogen and oxygen atoms in total. The topological polar surface area (TPSA) is 26.3 Å². The molecule has 0 rings (SSSR count). The second kappa shape index (κ2) is 6.18. The second-order valence-corrected chi connectivity index (χ2v) is 3.66. The quantitative estimate of drug-likeness (QED) is 0.615. The Morgan fingerprint density at radius 2 is 1.92 bits per heavy atom. The zero-order chi connectivity index (χ0) is 9.56. The Morgan fingerprint density at radius 1 is 1.33 bits per heavy atom. The average Bonchev–Trinajstić information content (AvgIpc) is 1.96. The molecule has 72 valence electrons. The Labute approximate surface area is 75.3 Å². The summed E-state index contributed by atoms with van der Waals surface area (Å²) in [7, 11) is 1.60. The van der Waals surface area contributed by atoms with E-state index in [0.717, 1.165) is 18.8 Å². The molecule has 0 saturated carbocycles. The minimum Gasteiger partial charge on any atom is -0.374 e. The summed E-state index contributed by atoms with van der Waals surface area (Å²) in [6.45, 7) is 5.97. The first-order chi connectivity index (χ1) is 5.57. The molecule has 1 unspecified atom stereocenters. The molecule has 0 fully saturated rings. The van der Waals surface area contributed by atoms with Crippen LogP contribution in [-0.2, 0) is 9.53 Å². The van der Waals surface area contributed by atoms with E-state index in [9.17, 15) is 4.79 Å². The molecule has 0 spiro atoms. The van der Waals surface area contributed by atoms with Gasteiger partial charge in [-0.15, -0.1) is 0 Å². The van der Waals surface area contributed by atoms with Crippen LogP contribution in [0.3, 0.4) is 0 Å². The van der Waals surface area contributed by atoms with Gasteiger partial charge in [0.1, 0.15) is 6.10 Å². The molecule has 2 heteroatoms. The van der Waals surface area contributed by atoms with Crippen LogP contribution in [-0.4, -0.2) is 19.0 Å². The number of methoxy groups -OCH3 is 1. The summed E-state index contributed by atoms with van der Waals surface area (Å²) in [5, 5.41) is 0. The van der Waals surface area contributed by atoms with E-state index in [-0.39, 0.29) is 11.9 Å². The van der Waals surface area contributed by atoms with E-state index < -0.39 is 0 Å². The third-order valence-corrected chi connectivity index (χ3v) is 1.99. The Bertz CT molecular complexity index is 130. The number of carbonyl (C=O) groups excluding carboxylic acids is 1. The summed E-state index contributed by atoms with van der Waals surface area (Å²) >= 11 is 0. The van der Waals surface area contributed by atoms with Crippen molar-refractivity contribution in [2.75, 3.05) is 7.11 Å². The Morgan fingerprint density at radius 3 is 2.25 bits per heavy atom. The smallest absolute Gasteiger partial charge is 0.158 e. The predicted octanol–water partition coefficient (Wildman–Crippen LogP) is 2.42. The maximum absolute atomic E-state index is 10.9. The number of hydrogen-bond donors (Lipinski definition) is 0. The van der Waals surface area contributed by atoms with Gasteiger partial charge in [-0.25, -0.2) is 0 Å². The Balaban J connectivity index is 3.52. The van der Waals surface area contributed by atoms with E-state index in [4.69, 9.17) is 4.74 Å². The molecule has 0 aromatic carbocycles. The number of ether oxygens (including phenoxy) is 1. The molecule has 0 radical (unpaired) electrons. The number of rotatable bonds is 6. The van der Waals surface area contributed by atoms with Gasteiger partial charge in [0.25, 0.3) is 0 Å². The fourth-order valence-corrected chi connectivity index (χ4v) is 1.20. The molecule has 0 aliphatic rings. The molecule has 0 aromatic heterocycles. The van der Waals surface area contributed by atoms with Crippen LogP contribution in [0, 0.1) is 5.92 Å². The minimum atomic E-state index is -0.177. The van der Waals surface area contributed by atoms with Crippen LogP contribution in [0.1, 0.15) is 40.0 Å². The molecule has 0 aliphatic carbocycles. The summed E-state index contributed by atoms with van der Waals surface area (Å²) in [6, 6.07) is 0. The van der Waals surface area contributed by atoms with Crippen LogP contribution >= 0.6 is 0 Å². The second-order valence-electron chi connectivity index (χ2n) is 3.66. The molecule has 0 aromatic rings. The van der Waals surface area contributed by atoms with Crippen molar-refractivity contribution in [1.29, 1.82) is 0 Å². The molecule has 0 aliphatic heterocycles. The van der Waals surface area contributed by atoms with Gasteiger partial charge >= 0.3 is 0 Å². The van der Waals surface area contributed by atoms with E-state index in [1.54, 1.807) is 14.0 Å². The van der Waals surface area contributed by atoms with Crippen molar-refractivity contribution in [3.63, 3.8) is 0 Å². The van der Waals surface area contributed by atoms with Gasteiger partial charge in [0.15, 0.2) is 5.78 Å². The molecule has 12 heavy (non-hydrogen) atoms. The van der Waals surface area contributed by atoms with Crippen LogP contribution < -0.4 is 0 Å². The Kier molecular flexibility index (Phi) is 5.99. The van der Waals surface area contributed by atoms with Crippen LogP contribution in [0.15, 0.2) is 0 Å². The molecular formula is C10H20O2. The van der Waals surface area contributed by atoms with Gasteiger partial charge in [0.2, 0.25) is 0 Å². The van der Waals surface area contributed by atoms with Gasteiger partial charge in [0, 0.05) is 7.11 Å². The normalized spacial score (nSPS) is 13.4. The highest BCUT2D eigenvalue weighted by Gasteiger charge is 2.11. The summed E-state index contributed by atoms with van der Waals surface area (Å²) in [5.74, 6) is 0.857. The third kappa shape index (κ3) is 5.30. The Hall–Kier alpha value is -0.370. The summed E-state index contributed by atoms with van der Waals surface area (Å²) < 4.78 is 5.04. The van der Waals surface area contributed by atoms with Crippen molar-refractivity contribution in [3.8, 4) is 0 Å². The van der Waals surface area contributed by atoms with E-state index in [0.29, 0.717) is 0 Å². The molecular weight excluding hydrogens is 152 g/mol. The van der Waals surface area contributed by atoms with E-state index in [1.807, 2.05) is 0 Å². The SMILES string of the molecule is COC(CCCC(C)C)C(C)=O. The molecule has 0 bridgehead atoms. The van der Waals surface area contributed by atoms with Crippen molar-refractivity contribution in [2.45, 2.75) is 46.1 Å². The van der Waals surface area contributed by atoms with Crippen LogP contribution in [0.25, 0.3) is 0 Å². The summed E-state index contributed by atoms with van der Waals surface area (Å²) in [4.78, 5) is 10.9. The average molecular weight is 172 g/mol. The van der Waals surface area contributed by atoms with Gasteiger partial charge in [-0.05, 0) is 19.3 Å². The van der Waals surface area contributed by atoms with Crippen molar-refractivity contribution in [1.82, 2.24) is 0 Å². The van der Waals surface area contributed by atoms with E-state index in [1.165, 1.54) is 6.42 Å². The fraction of sp³-hybridized carbons (Fsp3) is 0.900. The molecule has 0 heterocycles. The highest BCUT2D eigenvalue weighted by atomic mass is 16.5. The zero-order valence-corrected chi connectivity index (χ0v) is 8.59. The monoisotopic (exact) mass is 172 g/mol. The first-order valence-electron chi connectivity index (χ1n) is 4.61. The van der Waals surface area contributed by atoms with Gasteiger partial charge in [0.05, 0.1) is 0 Å². The molecule has 0 N–H and O–H groups in total. The van der Waals surface area contributed by atoms with Gasteiger partial charge < -0.3 is 4.74 Å². The zero-order valence-electron chi connectivity index (χ0n) is 8.59. The summed E-state index contributed by atoms with van der Waals surface area (Å²) in [6.07, 6.45) is 2.94. The van der Waals surface area contributed by atoms with Gasteiger partial charge in [-0.3, -0.25) is 4.79 Å². The maximum atomic E-state index is 10.9. The van der Waals surface area contributed by atoms with Crippen LogP contribution in [0.4, 0.5) is 0 Å². The highest BCUT2D eigenvalue weighted by Crippen LogP contribution is 2.10.